The van der Waals surface area contributed by atoms with Crippen LogP contribution in [0.5, 0.6) is 11.6 Å². The van der Waals surface area contributed by atoms with Gasteiger partial charge >= 0.3 is 0 Å². The largest absolute Gasteiger partial charge is 0.432 e. The molecule has 13 heteroatoms. The summed E-state index contributed by atoms with van der Waals surface area (Å²) in [4.78, 5) is -0.725. The minimum absolute atomic E-state index is 0.451. The maximum Gasteiger partial charge on any atom is 0.280 e. The molecule has 0 aliphatic carbocycles. The van der Waals surface area contributed by atoms with Gasteiger partial charge in [-0.2, -0.15) is 8.78 Å². The van der Waals surface area contributed by atoms with E-state index in [2.05, 4.69) is 9.59 Å². The molecule has 1 unspecified atom stereocenters. The van der Waals surface area contributed by atoms with E-state index in [-0.39, 0.29) is 0 Å². The molecule has 1 atom stereocenters. The number of nitrogens with two attached hydrogens (primary N) is 1. The van der Waals surface area contributed by atoms with Gasteiger partial charge in [0.05, 0.1) is 0 Å². The Labute approximate surface area is 148 Å². The fourth-order valence-electron chi connectivity index (χ4n) is 2.01. The Kier molecular flexibility index (Phi) is 4.78. The summed E-state index contributed by atoms with van der Waals surface area (Å²) in [5, 5.41) is 3.09. The lowest BCUT2D eigenvalue weighted by Gasteiger charge is -2.08. The summed E-state index contributed by atoms with van der Waals surface area (Å²) in [6.07, 6.45) is 0. The van der Waals surface area contributed by atoms with E-state index in [9.17, 15) is 30.7 Å². The zero-order valence-corrected chi connectivity index (χ0v) is 13.6. The average Bonchev–Trinajstić information content (AvgIpc) is 2.61. The van der Waals surface area contributed by atoms with Crippen molar-refractivity contribution in [1.29, 1.82) is 0 Å². The Morgan fingerprint density at radius 3 is 2.11 bits per heavy atom. The third-order valence-electron chi connectivity index (χ3n) is 3.15. The Balaban J connectivity index is 2.14. The van der Waals surface area contributed by atoms with Crippen molar-refractivity contribution in [2.75, 3.05) is 5.84 Å². The van der Waals surface area contributed by atoms with Crippen molar-refractivity contribution in [3.8, 4) is 16.5 Å². The molecule has 0 saturated heterocycles. The van der Waals surface area contributed by atoms with Crippen LogP contribution in [-0.4, -0.2) is 14.5 Å². The predicted molar refractivity (Wildman–Crippen MR) is 80.9 cm³/mol. The number of hydrogen-bond donors (Lipinski definition) is 3. The minimum atomic E-state index is -2.32. The number of rotatable bonds is 3. The van der Waals surface area contributed by atoms with Crippen LogP contribution in [0, 0.1) is 40.7 Å². The molecule has 0 fully saturated rings. The van der Waals surface area contributed by atoms with Gasteiger partial charge in [-0.15, -0.1) is 0 Å². The Hall–Kier alpha value is -3.09. The Morgan fingerprint density at radius 1 is 0.889 bits per heavy atom. The number of nitrogen functional groups attached to an aromatic ring is 1. The third kappa shape index (κ3) is 3.45. The number of nitrogens with zero attached hydrogens (tertiary/aromatic N) is 1. The van der Waals surface area contributed by atoms with Crippen LogP contribution in [0.15, 0.2) is 23.6 Å². The van der Waals surface area contributed by atoms with Crippen LogP contribution in [0.25, 0.3) is 4.90 Å². The highest BCUT2D eigenvalue weighted by Gasteiger charge is 2.34. The Morgan fingerprint density at radius 2 is 1.48 bits per heavy atom. The quantitative estimate of drug-likeness (QED) is 0.195. The standard InChI is InChI=1S/C14H8F7N4OS/c15-5-1-2-6(16)7(3-5)26-8-4-27(24-25(22)23-8)14-12(20)10(18)9(17)11(19)13(14)21/h1-4,23-24H,22H2/q+1. The number of aromatic nitrogens is 3. The first-order valence-corrected chi connectivity index (χ1v) is 8.15. The molecule has 5 nitrogen and oxygen atoms in total. The van der Waals surface area contributed by atoms with Gasteiger partial charge in [-0.3, -0.25) is 0 Å². The second-order valence-electron chi connectivity index (χ2n) is 4.97. The first-order valence-electron chi connectivity index (χ1n) is 6.86. The van der Waals surface area contributed by atoms with Gasteiger partial charge in [0.1, 0.15) is 16.5 Å². The van der Waals surface area contributed by atoms with E-state index in [1.54, 1.807) is 0 Å². The van der Waals surface area contributed by atoms with Crippen LogP contribution in [0.2, 0.25) is 0 Å². The highest BCUT2D eigenvalue weighted by molar-refractivity contribution is 7.33. The monoisotopic (exact) mass is 413 g/mol. The zero-order chi connectivity index (χ0) is 19.9. The van der Waals surface area contributed by atoms with Crippen LogP contribution in [-0.2, 0) is 0 Å². The molecule has 3 rings (SSSR count). The average molecular weight is 413 g/mol. The molecule has 0 amide bonds. The summed E-state index contributed by atoms with van der Waals surface area (Å²) in [5.74, 6) is -8.24. The number of ether oxygens (including phenoxy) is 1. The summed E-state index contributed by atoms with van der Waals surface area (Å²) in [6.45, 7) is 0. The smallest absolute Gasteiger partial charge is 0.280 e. The van der Waals surface area contributed by atoms with Crippen molar-refractivity contribution in [3.63, 3.8) is 0 Å². The number of aromatic amines is 2. The second-order valence-corrected chi connectivity index (χ2v) is 6.47. The number of nitrogens with one attached hydrogen (secondary N) is 2. The van der Waals surface area contributed by atoms with Gasteiger partial charge in [-0.1, -0.05) is 9.39 Å². The summed E-state index contributed by atoms with van der Waals surface area (Å²) in [6, 6.07) is 2.26. The molecule has 2 aromatic carbocycles. The molecule has 144 valence electrons. The first kappa shape index (κ1) is 18.7. The van der Waals surface area contributed by atoms with Gasteiger partial charge in [0, 0.05) is 6.07 Å². The van der Waals surface area contributed by atoms with Crippen molar-refractivity contribution < 1.29 is 35.5 Å². The molecule has 1 aromatic heterocycles. The minimum Gasteiger partial charge on any atom is -0.432 e. The molecule has 0 saturated carbocycles. The van der Waals surface area contributed by atoms with Crippen LogP contribution in [0.4, 0.5) is 30.7 Å². The van der Waals surface area contributed by atoms with Crippen molar-refractivity contribution in [2.24, 2.45) is 0 Å². The lowest BCUT2D eigenvalue weighted by atomic mass is 10.3. The lowest BCUT2D eigenvalue weighted by Crippen LogP contribution is -2.17. The highest BCUT2D eigenvalue weighted by atomic mass is 32.2. The number of hydrogen-bond acceptors (Lipinski definition) is 2. The van der Waals surface area contributed by atoms with Gasteiger partial charge in [0.25, 0.3) is 10.8 Å². The van der Waals surface area contributed by atoms with E-state index >= 15 is 0 Å². The summed E-state index contributed by atoms with van der Waals surface area (Å²) in [5.41, 5.74) is 0. The highest BCUT2D eigenvalue weighted by Crippen LogP contribution is 2.37. The summed E-state index contributed by atoms with van der Waals surface area (Å²) < 4.78 is 102. The molecule has 27 heavy (non-hydrogen) atoms. The number of H-pyrrole nitrogens is 2. The van der Waals surface area contributed by atoms with Crippen molar-refractivity contribution in [3.05, 3.63) is 64.3 Å². The predicted octanol–water partition coefficient (Wildman–Crippen LogP) is 4.49. The fraction of sp³-hybridized carbons (Fsp3) is 0. The SMILES string of the molecule is Nn1[nH]c(Oc2cc(F)ccc2F)c[s+](-c2c(F)c(F)c(F)c(F)c2F)[nH]1. The first-order chi connectivity index (χ1) is 12.7. The molecule has 0 spiro atoms. The molecular formula is C14H8F7N4OS+. The van der Waals surface area contributed by atoms with Crippen LogP contribution >= 0.6 is 10.7 Å². The van der Waals surface area contributed by atoms with E-state index in [1.807, 2.05) is 0 Å². The van der Waals surface area contributed by atoms with Gasteiger partial charge in [-0.25, -0.2) is 27.1 Å². The van der Waals surface area contributed by atoms with E-state index in [0.717, 1.165) is 17.5 Å². The third-order valence-corrected chi connectivity index (χ3v) is 4.80. The van der Waals surface area contributed by atoms with Gasteiger partial charge in [-0.05, 0) is 12.1 Å². The molecule has 0 aliphatic heterocycles. The van der Waals surface area contributed by atoms with E-state index < -0.39 is 67.9 Å². The number of halogens is 7. The maximum atomic E-state index is 14.0. The number of benzene rings is 2. The van der Waals surface area contributed by atoms with E-state index in [4.69, 9.17) is 10.6 Å². The normalized spacial score (nSPS) is 11.6. The molecule has 0 bridgehead atoms. The lowest BCUT2D eigenvalue weighted by molar-refractivity contribution is 0.382. The van der Waals surface area contributed by atoms with Gasteiger partial charge in [0.15, 0.2) is 11.6 Å². The summed E-state index contributed by atoms with van der Waals surface area (Å²) >= 11 is 0. The topological polar surface area (TPSA) is 71.8 Å². The van der Waals surface area contributed by atoms with Crippen LogP contribution < -0.4 is 10.6 Å². The molecule has 1 heterocycles. The summed E-state index contributed by atoms with van der Waals surface area (Å²) in [7, 11) is -2.02. The molecular weight excluding hydrogens is 405 g/mol. The van der Waals surface area contributed by atoms with E-state index in [0.29, 0.717) is 11.0 Å². The van der Waals surface area contributed by atoms with Gasteiger partial charge < -0.3 is 10.6 Å². The molecule has 3 aromatic rings. The van der Waals surface area contributed by atoms with Crippen molar-refractivity contribution in [1.82, 2.24) is 14.5 Å². The Bertz CT molecular complexity index is 1040. The van der Waals surface area contributed by atoms with Gasteiger partial charge in [0.2, 0.25) is 34.5 Å². The van der Waals surface area contributed by atoms with Crippen LogP contribution in [0.3, 0.4) is 0 Å². The second kappa shape index (κ2) is 6.90. The fourth-order valence-corrected chi connectivity index (χ4v) is 3.41. The van der Waals surface area contributed by atoms with E-state index in [1.165, 1.54) is 0 Å². The van der Waals surface area contributed by atoms with Crippen LogP contribution in [0.1, 0.15) is 0 Å². The molecule has 0 radical (unpaired) electrons. The van der Waals surface area contributed by atoms with Crippen molar-refractivity contribution in [2.45, 2.75) is 0 Å². The maximum absolute atomic E-state index is 14.0. The molecule has 0 aliphatic rings. The van der Waals surface area contributed by atoms with Crippen molar-refractivity contribution >= 4 is 10.7 Å². The molecule has 4 N–H and O–H groups in total. The zero-order valence-electron chi connectivity index (χ0n) is 12.8.